The Kier molecular flexibility index (Phi) is 3.99. The molecule has 1 aromatic heterocycles. The van der Waals surface area contributed by atoms with Crippen molar-refractivity contribution in [1.29, 1.82) is 15.8 Å². The summed E-state index contributed by atoms with van der Waals surface area (Å²) in [4.78, 5) is 2.19. The average molecular weight is 322 g/mol. The van der Waals surface area contributed by atoms with Gasteiger partial charge in [-0.3, -0.25) is 0 Å². The summed E-state index contributed by atoms with van der Waals surface area (Å²) in [6, 6.07) is 9.94. The van der Waals surface area contributed by atoms with E-state index in [1.807, 2.05) is 19.1 Å². The molecule has 1 fully saturated rings. The highest BCUT2D eigenvalue weighted by Crippen LogP contribution is 2.57. The number of hydrogen-bond acceptors (Lipinski definition) is 5. The summed E-state index contributed by atoms with van der Waals surface area (Å²) in [5, 5.41) is 29.4. The monoisotopic (exact) mass is 322 g/mol. The molecular formula is C18H18N4S. The molecule has 0 spiro atoms. The highest BCUT2D eigenvalue weighted by molar-refractivity contribution is 7.12. The Balaban J connectivity index is 2.23. The Morgan fingerprint density at radius 3 is 2.57 bits per heavy atom. The van der Waals surface area contributed by atoms with Crippen molar-refractivity contribution in [3.05, 3.63) is 33.5 Å². The van der Waals surface area contributed by atoms with E-state index in [1.54, 1.807) is 11.3 Å². The topological polar surface area (TPSA) is 97.4 Å². The molecule has 4 atom stereocenters. The summed E-state index contributed by atoms with van der Waals surface area (Å²) in [5.41, 5.74) is 6.02. The lowest BCUT2D eigenvalue weighted by Crippen LogP contribution is -2.55. The van der Waals surface area contributed by atoms with Gasteiger partial charge in [-0.2, -0.15) is 15.8 Å². The van der Waals surface area contributed by atoms with Gasteiger partial charge in [0.1, 0.15) is 0 Å². The van der Waals surface area contributed by atoms with Crippen LogP contribution in [0.1, 0.15) is 34.9 Å². The van der Waals surface area contributed by atoms with Gasteiger partial charge in [-0.25, -0.2) is 0 Å². The molecule has 5 heteroatoms. The van der Waals surface area contributed by atoms with Gasteiger partial charge in [-0.1, -0.05) is 11.6 Å². The molecule has 2 aliphatic rings. The standard InChI is InChI=1S/C18H18N4S/c1-11-6-7-15(23-11)16-13-5-3-2-4-12(13)14(8-19)17(22)18(16,9-20)10-21/h4,6-7,13-14,16-17H,2-3,5,22H2,1H3/t13-,14-,16-,17-/m0/s1. The van der Waals surface area contributed by atoms with E-state index in [0.29, 0.717) is 0 Å². The van der Waals surface area contributed by atoms with E-state index in [0.717, 1.165) is 34.6 Å². The number of hydrogen-bond donors (Lipinski definition) is 1. The van der Waals surface area contributed by atoms with E-state index < -0.39 is 17.4 Å². The van der Waals surface area contributed by atoms with Crippen molar-refractivity contribution in [3.63, 3.8) is 0 Å². The Bertz CT molecular complexity index is 756. The van der Waals surface area contributed by atoms with Crippen molar-refractivity contribution in [3.8, 4) is 18.2 Å². The number of fused-ring (bicyclic) bond motifs is 1. The second-order valence-corrected chi connectivity index (χ2v) is 7.71. The molecule has 0 unspecified atom stereocenters. The van der Waals surface area contributed by atoms with Crippen LogP contribution in [0.25, 0.3) is 0 Å². The summed E-state index contributed by atoms with van der Waals surface area (Å²) >= 11 is 1.63. The number of nitrogens with zero attached hydrogens (tertiary/aromatic N) is 3. The Labute approximate surface area is 140 Å². The molecule has 23 heavy (non-hydrogen) atoms. The molecule has 2 aliphatic carbocycles. The van der Waals surface area contributed by atoms with E-state index in [1.165, 1.54) is 0 Å². The molecule has 4 nitrogen and oxygen atoms in total. The zero-order valence-electron chi connectivity index (χ0n) is 13.0. The van der Waals surface area contributed by atoms with E-state index >= 15 is 0 Å². The minimum Gasteiger partial charge on any atom is -0.324 e. The molecule has 116 valence electrons. The predicted octanol–water partition coefficient (Wildman–Crippen LogP) is 3.38. The molecule has 0 saturated heterocycles. The van der Waals surface area contributed by atoms with Crippen molar-refractivity contribution in [2.75, 3.05) is 0 Å². The van der Waals surface area contributed by atoms with Gasteiger partial charge in [0.05, 0.1) is 30.2 Å². The molecule has 0 bridgehead atoms. The smallest absolute Gasteiger partial charge is 0.168 e. The van der Waals surface area contributed by atoms with Gasteiger partial charge in [0.15, 0.2) is 5.41 Å². The summed E-state index contributed by atoms with van der Waals surface area (Å²) in [7, 11) is 0. The maximum atomic E-state index is 9.88. The van der Waals surface area contributed by atoms with Gasteiger partial charge in [-0.15, -0.1) is 11.3 Å². The van der Waals surface area contributed by atoms with Crippen LogP contribution < -0.4 is 5.73 Å². The SMILES string of the molecule is Cc1ccc([C@@H]2[C@H]3CCCC=C3[C@H](C#N)[C@H](N)C2(C#N)C#N)s1. The highest BCUT2D eigenvalue weighted by atomic mass is 32.1. The summed E-state index contributed by atoms with van der Waals surface area (Å²) < 4.78 is 0. The van der Waals surface area contributed by atoms with E-state index in [4.69, 9.17) is 5.73 Å². The highest BCUT2D eigenvalue weighted by Gasteiger charge is 2.58. The van der Waals surface area contributed by atoms with Gasteiger partial charge < -0.3 is 5.73 Å². The van der Waals surface area contributed by atoms with Crippen LogP contribution in [0.4, 0.5) is 0 Å². The molecule has 1 heterocycles. The molecule has 1 aromatic rings. The lowest BCUT2D eigenvalue weighted by atomic mass is 9.53. The molecule has 3 rings (SSSR count). The molecule has 0 amide bonds. The van der Waals surface area contributed by atoms with Gasteiger partial charge in [0.2, 0.25) is 0 Å². The van der Waals surface area contributed by atoms with Crippen molar-refractivity contribution in [2.24, 2.45) is 23.0 Å². The van der Waals surface area contributed by atoms with Gasteiger partial charge >= 0.3 is 0 Å². The lowest BCUT2D eigenvalue weighted by Gasteiger charge is -2.48. The molecular weight excluding hydrogens is 304 g/mol. The second kappa shape index (κ2) is 5.82. The van der Waals surface area contributed by atoms with Crippen LogP contribution in [-0.2, 0) is 0 Å². The maximum Gasteiger partial charge on any atom is 0.168 e. The average Bonchev–Trinajstić information content (AvgIpc) is 3.00. The van der Waals surface area contributed by atoms with Crippen LogP contribution in [0.15, 0.2) is 23.8 Å². The van der Waals surface area contributed by atoms with Gasteiger partial charge in [0, 0.05) is 15.7 Å². The Hall–Kier alpha value is -2.13. The van der Waals surface area contributed by atoms with Crippen molar-refractivity contribution in [1.82, 2.24) is 0 Å². The van der Waals surface area contributed by atoms with E-state index in [-0.39, 0.29) is 11.8 Å². The van der Waals surface area contributed by atoms with Crippen molar-refractivity contribution < 1.29 is 0 Å². The number of aryl methyl sites for hydroxylation is 1. The van der Waals surface area contributed by atoms with Gasteiger partial charge in [-0.05, 0) is 44.2 Å². The largest absolute Gasteiger partial charge is 0.324 e. The normalized spacial score (nSPS) is 31.9. The van der Waals surface area contributed by atoms with Crippen LogP contribution in [0, 0.1) is 58.2 Å². The van der Waals surface area contributed by atoms with Crippen molar-refractivity contribution >= 4 is 11.3 Å². The number of nitrogens with two attached hydrogens (primary N) is 1. The lowest BCUT2D eigenvalue weighted by molar-refractivity contribution is 0.186. The third-order valence-corrected chi connectivity index (χ3v) is 6.32. The van der Waals surface area contributed by atoms with Crippen LogP contribution in [-0.4, -0.2) is 6.04 Å². The molecule has 0 radical (unpaired) electrons. The first-order valence-electron chi connectivity index (χ1n) is 7.83. The van der Waals surface area contributed by atoms with Crippen LogP contribution in [0.2, 0.25) is 0 Å². The number of nitriles is 3. The Morgan fingerprint density at radius 1 is 1.26 bits per heavy atom. The van der Waals surface area contributed by atoms with E-state index in [9.17, 15) is 15.8 Å². The first-order valence-corrected chi connectivity index (χ1v) is 8.64. The third-order valence-electron chi connectivity index (χ3n) is 5.24. The minimum atomic E-state index is -1.35. The fraction of sp³-hybridized carbons (Fsp3) is 0.500. The Morgan fingerprint density at radius 2 is 2.00 bits per heavy atom. The maximum absolute atomic E-state index is 9.88. The summed E-state index contributed by atoms with van der Waals surface area (Å²) in [5.74, 6) is -0.732. The van der Waals surface area contributed by atoms with Gasteiger partial charge in [0.25, 0.3) is 0 Å². The number of rotatable bonds is 1. The zero-order chi connectivity index (χ0) is 16.6. The minimum absolute atomic E-state index is 0.0607. The van der Waals surface area contributed by atoms with Crippen LogP contribution in [0.3, 0.4) is 0 Å². The first kappa shape index (κ1) is 15.8. The second-order valence-electron chi connectivity index (χ2n) is 6.39. The summed E-state index contributed by atoms with van der Waals surface area (Å²) in [6.45, 7) is 2.02. The molecule has 2 N–H and O–H groups in total. The summed E-state index contributed by atoms with van der Waals surface area (Å²) in [6.07, 6.45) is 4.99. The molecule has 1 saturated carbocycles. The third kappa shape index (κ3) is 2.19. The first-order chi connectivity index (χ1) is 11.1. The predicted molar refractivity (Wildman–Crippen MR) is 88.0 cm³/mol. The fourth-order valence-corrected chi connectivity index (χ4v) is 5.27. The van der Waals surface area contributed by atoms with Crippen LogP contribution in [0.5, 0.6) is 0 Å². The van der Waals surface area contributed by atoms with E-state index in [2.05, 4.69) is 24.3 Å². The number of allylic oxidation sites excluding steroid dienone is 1. The fourth-order valence-electron chi connectivity index (χ4n) is 4.15. The van der Waals surface area contributed by atoms with Crippen molar-refractivity contribution in [2.45, 2.75) is 38.1 Å². The molecule has 0 aliphatic heterocycles. The zero-order valence-corrected chi connectivity index (χ0v) is 13.8. The molecule has 0 aromatic carbocycles. The van der Waals surface area contributed by atoms with Crippen LogP contribution >= 0.6 is 11.3 Å². The number of thiophene rings is 1. The quantitative estimate of drug-likeness (QED) is 0.801.